The van der Waals surface area contributed by atoms with Crippen molar-refractivity contribution in [3.63, 3.8) is 0 Å². The summed E-state index contributed by atoms with van der Waals surface area (Å²) >= 11 is 0. The number of unbranched alkanes of at least 4 members (excludes halogenated alkanes) is 2. The molecule has 3 rings (SSSR count). The molecule has 0 unspecified atom stereocenters. The number of aromatic hydroxyl groups is 2. The third-order valence-electron chi connectivity index (χ3n) is 7.16. The van der Waals surface area contributed by atoms with Crippen LogP contribution in [-0.4, -0.2) is 21.9 Å². The molecule has 0 aliphatic heterocycles. The van der Waals surface area contributed by atoms with Gasteiger partial charge >= 0.3 is 0 Å². The highest BCUT2D eigenvalue weighted by atomic mass is 16.3. The van der Waals surface area contributed by atoms with Crippen LogP contribution in [0.25, 0.3) is 0 Å². The van der Waals surface area contributed by atoms with Crippen molar-refractivity contribution in [2.24, 2.45) is 5.92 Å². The second-order valence-corrected chi connectivity index (χ2v) is 9.34. The number of hydrogen-bond donors (Lipinski definition) is 3. The maximum absolute atomic E-state index is 11.1. The van der Waals surface area contributed by atoms with E-state index in [9.17, 15) is 15.3 Å². The van der Waals surface area contributed by atoms with Gasteiger partial charge in [0, 0.05) is 16.9 Å². The van der Waals surface area contributed by atoms with E-state index in [0.717, 1.165) is 48.8 Å². The lowest BCUT2D eigenvalue weighted by molar-refractivity contribution is 0.314. The van der Waals surface area contributed by atoms with E-state index < -0.39 is 0 Å². The normalized spacial score (nSPS) is 23.6. The average Bonchev–Trinajstić information content (AvgIpc) is 3.20. The molecule has 2 aliphatic rings. The first-order valence-corrected chi connectivity index (χ1v) is 11.6. The number of rotatable bonds is 8. The summed E-state index contributed by atoms with van der Waals surface area (Å²) in [7, 11) is 0. The summed E-state index contributed by atoms with van der Waals surface area (Å²) in [6, 6.07) is 3.75. The quantitative estimate of drug-likeness (QED) is 0.332. The molecule has 1 aromatic rings. The van der Waals surface area contributed by atoms with Crippen LogP contribution < -0.4 is 0 Å². The Hall–Kier alpha value is -2.00. The van der Waals surface area contributed by atoms with Gasteiger partial charge in [0.25, 0.3) is 0 Å². The maximum atomic E-state index is 11.1. The third-order valence-corrected chi connectivity index (χ3v) is 7.16. The Morgan fingerprint density at radius 3 is 2.43 bits per heavy atom. The van der Waals surface area contributed by atoms with Crippen molar-refractivity contribution in [3.8, 4) is 11.5 Å². The molecule has 0 spiro atoms. The number of allylic oxidation sites excluding steroid dienone is 4. The summed E-state index contributed by atoms with van der Waals surface area (Å²) in [6.07, 6.45) is 16.2. The van der Waals surface area contributed by atoms with Gasteiger partial charge in [0.1, 0.15) is 11.5 Å². The van der Waals surface area contributed by atoms with Gasteiger partial charge in [0.15, 0.2) is 0 Å². The maximum Gasteiger partial charge on any atom is 0.123 e. The van der Waals surface area contributed by atoms with Gasteiger partial charge in [0.05, 0.1) is 6.61 Å². The smallest absolute Gasteiger partial charge is 0.123 e. The summed E-state index contributed by atoms with van der Waals surface area (Å²) in [5, 5.41) is 31.8. The zero-order valence-electron chi connectivity index (χ0n) is 18.7. The van der Waals surface area contributed by atoms with Crippen LogP contribution in [0.5, 0.6) is 11.5 Å². The Morgan fingerprint density at radius 1 is 1.20 bits per heavy atom. The highest BCUT2D eigenvalue weighted by Crippen LogP contribution is 2.50. The summed E-state index contributed by atoms with van der Waals surface area (Å²) < 4.78 is 0. The van der Waals surface area contributed by atoms with Gasteiger partial charge in [-0.1, -0.05) is 63.0 Å². The number of benzene rings is 1. The van der Waals surface area contributed by atoms with E-state index in [1.807, 2.05) is 25.1 Å². The van der Waals surface area contributed by atoms with E-state index in [1.54, 1.807) is 0 Å². The molecular weight excluding hydrogens is 372 g/mol. The first kappa shape index (κ1) is 22.7. The summed E-state index contributed by atoms with van der Waals surface area (Å²) in [4.78, 5) is 0. The molecule has 3 nitrogen and oxygen atoms in total. The molecule has 0 heterocycles. The first-order chi connectivity index (χ1) is 14.4. The molecule has 0 bridgehead atoms. The summed E-state index contributed by atoms with van der Waals surface area (Å²) in [5.41, 5.74) is 3.50. The van der Waals surface area contributed by atoms with Crippen molar-refractivity contribution in [2.45, 2.75) is 83.0 Å². The number of phenolic OH excluding ortho intramolecular Hbond substituents is 2. The predicted octanol–water partition coefficient (Wildman–Crippen LogP) is 6.64. The predicted molar refractivity (Wildman–Crippen MR) is 124 cm³/mol. The van der Waals surface area contributed by atoms with Gasteiger partial charge in [-0.3, -0.25) is 0 Å². The van der Waals surface area contributed by atoms with E-state index in [4.69, 9.17) is 0 Å². The minimum Gasteiger partial charge on any atom is -0.507 e. The molecule has 0 aromatic heterocycles. The van der Waals surface area contributed by atoms with Crippen LogP contribution >= 0.6 is 0 Å². The van der Waals surface area contributed by atoms with Crippen molar-refractivity contribution in [2.75, 3.05) is 6.61 Å². The zero-order chi connectivity index (χ0) is 21.7. The molecule has 0 radical (unpaired) electrons. The fourth-order valence-electron chi connectivity index (χ4n) is 5.38. The average molecular weight is 411 g/mol. The van der Waals surface area contributed by atoms with Gasteiger partial charge in [-0.2, -0.15) is 0 Å². The van der Waals surface area contributed by atoms with E-state index in [0.29, 0.717) is 5.56 Å². The molecule has 2 aliphatic carbocycles. The number of aliphatic hydroxyl groups excluding tert-OH is 1. The van der Waals surface area contributed by atoms with E-state index >= 15 is 0 Å². The molecule has 30 heavy (non-hydrogen) atoms. The molecule has 0 amide bonds. The fourth-order valence-corrected chi connectivity index (χ4v) is 5.38. The summed E-state index contributed by atoms with van der Waals surface area (Å²) in [6.45, 7) is 8.37. The van der Waals surface area contributed by atoms with E-state index in [-0.39, 0.29) is 35.4 Å². The first-order valence-electron chi connectivity index (χ1n) is 11.6. The van der Waals surface area contributed by atoms with Crippen molar-refractivity contribution < 1.29 is 15.3 Å². The zero-order valence-corrected chi connectivity index (χ0v) is 18.7. The van der Waals surface area contributed by atoms with E-state index in [2.05, 4.69) is 25.7 Å². The van der Waals surface area contributed by atoms with Gasteiger partial charge in [-0.05, 0) is 68.2 Å². The van der Waals surface area contributed by atoms with Crippen molar-refractivity contribution in [1.82, 2.24) is 0 Å². The Balaban J connectivity index is 2.00. The van der Waals surface area contributed by atoms with Crippen molar-refractivity contribution in [3.05, 3.63) is 59.2 Å². The van der Waals surface area contributed by atoms with Gasteiger partial charge in [-0.25, -0.2) is 0 Å². The molecule has 3 N–H and O–H groups in total. The van der Waals surface area contributed by atoms with Crippen LogP contribution in [0.4, 0.5) is 0 Å². The van der Waals surface area contributed by atoms with E-state index in [1.165, 1.54) is 25.7 Å². The Kier molecular flexibility index (Phi) is 7.46. The molecule has 164 valence electrons. The van der Waals surface area contributed by atoms with Crippen LogP contribution in [0.2, 0.25) is 0 Å². The van der Waals surface area contributed by atoms with Crippen LogP contribution in [0.15, 0.2) is 48.1 Å². The number of hydrogen-bond acceptors (Lipinski definition) is 3. The molecular formula is C27H38O3. The minimum atomic E-state index is -0.160. The van der Waals surface area contributed by atoms with Crippen LogP contribution in [0.3, 0.4) is 0 Å². The second-order valence-electron chi connectivity index (χ2n) is 9.34. The number of aliphatic hydroxyl groups is 1. The molecule has 3 heteroatoms. The van der Waals surface area contributed by atoms with Crippen molar-refractivity contribution in [1.29, 1.82) is 0 Å². The standard InChI is InChI=1S/C27H38O3/c1-4-5-6-7-12-27(13-8-9-14-27)21-16-24(29)26(25(30)17-21)23-15-20(18-28)10-11-22(23)19(2)3/h7,12,15-17,22-23,28-30H,2,4-6,8-11,13-14,18H2,1,3H3/t22-,23+/m1/s1. The lowest BCUT2D eigenvalue weighted by Crippen LogP contribution is -2.21. The fraction of sp³-hybridized carbons (Fsp3) is 0.556. The van der Waals surface area contributed by atoms with Crippen molar-refractivity contribution >= 4 is 0 Å². The topological polar surface area (TPSA) is 60.7 Å². The third kappa shape index (κ3) is 4.67. The lowest BCUT2D eigenvalue weighted by atomic mass is 9.72. The highest BCUT2D eigenvalue weighted by Gasteiger charge is 2.36. The van der Waals surface area contributed by atoms with Gasteiger partial charge in [-0.15, -0.1) is 0 Å². The summed E-state index contributed by atoms with van der Waals surface area (Å²) in [5.74, 6) is 0.305. The molecule has 1 fully saturated rings. The molecule has 1 saturated carbocycles. The molecule has 1 aromatic carbocycles. The van der Waals surface area contributed by atoms with Crippen LogP contribution in [0, 0.1) is 5.92 Å². The molecule has 0 saturated heterocycles. The largest absolute Gasteiger partial charge is 0.507 e. The number of phenols is 2. The lowest BCUT2D eigenvalue weighted by Gasteiger charge is -2.33. The minimum absolute atomic E-state index is 0.0185. The Morgan fingerprint density at radius 2 is 1.87 bits per heavy atom. The van der Waals surface area contributed by atoms with Gasteiger partial charge in [0.2, 0.25) is 0 Å². The monoisotopic (exact) mass is 410 g/mol. The second kappa shape index (κ2) is 9.87. The highest BCUT2D eigenvalue weighted by molar-refractivity contribution is 5.54. The van der Waals surface area contributed by atoms with Crippen LogP contribution in [0.1, 0.15) is 88.7 Å². The Labute approximate surface area is 181 Å². The van der Waals surface area contributed by atoms with Crippen LogP contribution in [-0.2, 0) is 5.41 Å². The SMILES string of the molecule is C=C(C)[C@H]1CCC(CO)=C[C@@H]1c1c(O)cc(C2(C=CCCCC)CCCC2)cc1O. The molecule has 2 atom stereocenters. The van der Waals surface area contributed by atoms with Gasteiger partial charge < -0.3 is 15.3 Å². The Bertz CT molecular complexity index is 788.